The van der Waals surface area contributed by atoms with Crippen LogP contribution >= 0.6 is 11.3 Å². The van der Waals surface area contributed by atoms with Gasteiger partial charge in [0.1, 0.15) is 33.9 Å². The highest BCUT2D eigenvalue weighted by Crippen LogP contribution is 2.39. The molecule has 0 aliphatic carbocycles. The van der Waals surface area contributed by atoms with E-state index in [1.165, 1.54) is 25.1 Å². The zero-order valence-corrected chi connectivity index (χ0v) is 24.2. The SMILES string of the molecule is CC(Oc1cc(-n2cnc3cc(-c4ccnc(NC(=O)CN(C)C)c4)ccc32)sc1C(N)=O)c1ccccc1C(F)(F)F. The number of rotatable bonds is 9. The van der Waals surface area contributed by atoms with Crippen molar-refractivity contribution in [2.45, 2.75) is 19.2 Å². The third-order valence-electron chi connectivity index (χ3n) is 6.52. The second-order valence-corrected chi connectivity index (χ2v) is 11.1. The largest absolute Gasteiger partial charge is 0.484 e. The smallest absolute Gasteiger partial charge is 0.416 e. The van der Waals surface area contributed by atoms with Crippen LogP contribution in [0, 0.1) is 0 Å². The van der Waals surface area contributed by atoms with Crippen molar-refractivity contribution < 1.29 is 27.5 Å². The zero-order chi connectivity index (χ0) is 30.9. The van der Waals surface area contributed by atoms with E-state index < -0.39 is 23.8 Å². The van der Waals surface area contributed by atoms with Gasteiger partial charge in [-0.25, -0.2) is 9.97 Å². The molecule has 3 aromatic heterocycles. The summed E-state index contributed by atoms with van der Waals surface area (Å²) in [5.41, 5.74) is 7.77. The Morgan fingerprint density at radius 2 is 1.81 bits per heavy atom. The van der Waals surface area contributed by atoms with Crippen LogP contribution in [0.4, 0.5) is 19.0 Å². The van der Waals surface area contributed by atoms with E-state index in [0.717, 1.165) is 34.0 Å². The summed E-state index contributed by atoms with van der Waals surface area (Å²) in [6.45, 7) is 1.71. The fraction of sp³-hybridized carbons (Fsp3) is 0.200. The highest BCUT2D eigenvalue weighted by Gasteiger charge is 2.35. The van der Waals surface area contributed by atoms with Crippen molar-refractivity contribution in [1.29, 1.82) is 0 Å². The molecule has 2 aromatic carbocycles. The lowest BCUT2D eigenvalue weighted by Gasteiger charge is -2.19. The number of nitrogens with two attached hydrogens (primary N) is 1. The highest BCUT2D eigenvalue weighted by atomic mass is 32.1. The molecule has 0 saturated heterocycles. The Kier molecular flexibility index (Phi) is 8.20. The van der Waals surface area contributed by atoms with Gasteiger partial charge in [0.15, 0.2) is 0 Å². The molecule has 1 atom stereocenters. The van der Waals surface area contributed by atoms with Crippen LogP contribution in [0.5, 0.6) is 5.75 Å². The predicted molar refractivity (Wildman–Crippen MR) is 158 cm³/mol. The molecule has 0 bridgehead atoms. The molecule has 2 amide bonds. The van der Waals surface area contributed by atoms with Gasteiger partial charge in [-0.1, -0.05) is 24.3 Å². The van der Waals surface area contributed by atoms with Crippen LogP contribution in [-0.4, -0.2) is 51.9 Å². The third kappa shape index (κ3) is 6.52. The minimum Gasteiger partial charge on any atom is -0.484 e. The summed E-state index contributed by atoms with van der Waals surface area (Å²) in [6.07, 6.45) is -2.39. The Balaban J connectivity index is 1.43. The molecule has 0 aliphatic rings. The number of primary amides is 1. The molecule has 3 N–H and O–H groups in total. The number of thiophene rings is 1. The van der Waals surface area contributed by atoms with E-state index in [2.05, 4.69) is 15.3 Å². The molecule has 9 nitrogen and oxygen atoms in total. The zero-order valence-electron chi connectivity index (χ0n) is 23.3. The number of ether oxygens (including phenoxy) is 1. The van der Waals surface area contributed by atoms with Gasteiger partial charge in [0.05, 0.1) is 23.1 Å². The molecule has 0 saturated carbocycles. The first kappa shape index (κ1) is 29.7. The third-order valence-corrected chi connectivity index (χ3v) is 7.65. The fourth-order valence-electron chi connectivity index (χ4n) is 4.62. The van der Waals surface area contributed by atoms with Gasteiger partial charge in [-0.05, 0) is 62.5 Å². The van der Waals surface area contributed by atoms with Gasteiger partial charge >= 0.3 is 6.18 Å². The number of imidazole rings is 1. The van der Waals surface area contributed by atoms with Crippen LogP contribution in [0.15, 0.2) is 73.2 Å². The van der Waals surface area contributed by atoms with Crippen molar-refractivity contribution in [3.8, 4) is 21.9 Å². The summed E-state index contributed by atoms with van der Waals surface area (Å²) >= 11 is 1.05. The maximum atomic E-state index is 13.6. The second kappa shape index (κ2) is 11.9. The highest BCUT2D eigenvalue weighted by molar-refractivity contribution is 7.16. The minimum atomic E-state index is -4.56. The molecule has 1 unspecified atom stereocenters. The van der Waals surface area contributed by atoms with Crippen LogP contribution in [0.2, 0.25) is 0 Å². The molecule has 0 radical (unpaired) electrons. The number of aromatic nitrogens is 3. The number of pyridine rings is 1. The Morgan fingerprint density at radius 1 is 1.07 bits per heavy atom. The number of carbonyl (C=O) groups excluding carboxylic acids is 2. The quantitative estimate of drug-likeness (QED) is 0.215. The van der Waals surface area contributed by atoms with Crippen LogP contribution in [0.25, 0.3) is 27.2 Å². The summed E-state index contributed by atoms with van der Waals surface area (Å²) in [5, 5.41) is 3.33. The lowest BCUT2D eigenvalue weighted by molar-refractivity contribution is -0.139. The standard InChI is InChI=1S/C30H27F3N6O3S/c1-17(20-6-4-5-7-21(20)30(31,32)33)42-24-14-27(43-28(24)29(34)41)39-16-36-22-12-18(8-9-23(22)39)19-10-11-35-25(13-19)37-26(40)15-38(2)3/h4-14,16-17H,15H2,1-3H3,(H2,34,41)(H,35,37,40). The molecule has 13 heteroatoms. The fourth-order valence-corrected chi connectivity index (χ4v) is 5.55. The van der Waals surface area contributed by atoms with E-state index in [1.807, 2.05) is 24.3 Å². The summed E-state index contributed by atoms with van der Waals surface area (Å²) in [5.74, 6) is -0.443. The molecule has 43 heavy (non-hydrogen) atoms. The van der Waals surface area contributed by atoms with Crippen molar-refractivity contribution >= 4 is 40.0 Å². The minimum absolute atomic E-state index is 0.0599. The van der Waals surface area contributed by atoms with Crippen molar-refractivity contribution in [3.63, 3.8) is 0 Å². The van der Waals surface area contributed by atoms with Gasteiger partial charge in [0, 0.05) is 17.8 Å². The van der Waals surface area contributed by atoms with Gasteiger partial charge < -0.3 is 20.7 Å². The first-order valence-corrected chi connectivity index (χ1v) is 13.9. The Hall–Kier alpha value is -4.75. The number of amides is 2. The lowest BCUT2D eigenvalue weighted by atomic mass is 10.0. The van der Waals surface area contributed by atoms with Gasteiger partial charge in [-0.2, -0.15) is 13.2 Å². The summed E-state index contributed by atoms with van der Waals surface area (Å²) in [7, 11) is 3.60. The van der Waals surface area contributed by atoms with Crippen LogP contribution in [0.1, 0.15) is 33.8 Å². The monoisotopic (exact) mass is 608 g/mol. The molecule has 3 heterocycles. The second-order valence-electron chi connectivity index (χ2n) is 10.0. The van der Waals surface area contributed by atoms with E-state index in [1.54, 1.807) is 48.2 Å². The average Bonchev–Trinajstić information content (AvgIpc) is 3.56. The van der Waals surface area contributed by atoms with Crippen molar-refractivity contribution in [2.75, 3.05) is 26.0 Å². The Morgan fingerprint density at radius 3 is 2.53 bits per heavy atom. The van der Waals surface area contributed by atoms with E-state index in [-0.39, 0.29) is 28.6 Å². The normalized spacial score (nSPS) is 12.4. The average molecular weight is 609 g/mol. The van der Waals surface area contributed by atoms with E-state index in [9.17, 15) is 22.8 Å². The molecule has 5 aromatic rings. The summed E-state index contributed by atoms with van der Waals surface area (Å²) in [6, 6.07) is 15.9. The number of halogens is 3. The first-order valence-electron chi connectivity index (χ1n) is 13.1. The molecule has 0 aliphatic heterocycles. The van der Waals surface area contributed by atoms with E-state index >= 15 is 0 Å². The van der Waals surface area contributed by atoms with E-state index in [0.29, 0.717) is 16.3 Å². The number of hydrogen-bond acceptors (Lipinski definition) is 7. The number of hydrogen-bond donors (Lipinski definition) is 2. The molecule has 0 fully saturated rings. The van der Waals surface area contributed by atoms with Crippen molar-refractivity contribution in [1.82, 2.24) is 19.4 Å². The van der Waals surface area contributed by atoms with Crippen LogP contribution in [-0.2, 0) is 11.0 Å². The molecular formula is C30H27F3N6O3S. The number of anilines is 1. The van der Waals surface area contributed by atoms with Crippen molar-refractivity contribution in [2.24, 2.45) is 5.73 Å². The number of fused-ring (bicyclic) bond motifs is 1. The first-order chi connectivity index (χ1) is 20.4. The van der Waals surface area contributed by atoms with Gasteiger partial charge in [-0.15, -0.1) is 11.3 Å². The van der Waals surface area contributed by atoms with Gasteiger partial charge in [0.2, 0.25) is 5.91 Å². The van der Waals surface area contributed by atoms with Crippen LogP contribution < -0.4 is 15.8 Å². The number of nitrogens with zero attached hydrogens (tertiary/aromatic N) is 4. The summed E-state index contributed by atoms with van der Waals surface area (Å²) < 4.78 is 48.4. The van der Waals surface area contributed by atoms with E-state index in [4.69, 9.17) is 10.5 Å². The maximum absolute atomic E-state index is 13.6. The molecule has 222 valence electrons. The molecule has 5 rings (SSSR count). The lowest BCUT2D eigenvalue weighted by Crippen LogP contribution is -2.27. The predicted octanol–water partition coefficient (Wildman–Crippen LogP) is 5.91. The number of likely N-dealkylation sites (N-methyl/N-ethyl adjacent to an activating group) is 1. The molecular weight excluding hydrogens is 581 g/mol. The Bertz CT molecular complexity index is 1810. The van der Waals surface area contributed by atoms with Crippen LogP contribution in [0.3, 0.4) is 0 Å². The van der Waals surface area contributed by atoms with Gasteiger partial charge in [0.25, 0.3) is 5.91 Å². The Labute approximate surface area is 248 Å². The number of benzene rings is 2. The number of alkyl halides is 3. The topological polar surface area (TPSA) is 115 Å². The number of carbonyl (C=O) groups is 2. The summed E-state index contributed by atoms with van der Waals surface area (Å²) in [4.78, 5) is 35.0. The maximum Gasteiger partial charge on any atom is 0.416 e. The van der Waals surface area contributed by atoms with Gasteiger partial charge in [-0.3, -0.25) is 14.2 Å². The number of nitrogens with one attached hydrogen (secondary N) is 1. The molecule has 0 spiro atoms. The van der Waals surface area contributed by atoms with Crippen molar-refractivity contribution in [3.05, 3.63) is 89.2 Å².